The molecule has 0 aliphatic heterocycles. The van der Waals surface area contributed by atoms with E-state index in [-0.39, 0.29) is 6.29 Å². The van der Waals surface area contributed by atoms with Crippen LogP contribution in [0.2, 0.25) is 0 Å². The first-order chi connectivity index (χ1) is 7.36. The molecule has 3 nitrogen and oxygen atoms in total. The SMILES string of the molecule is O=CCC(=O)c1ccc(O)cc1C(F)(F)F. The van der Waals surface area contributed by atoms with E-state index in [9.17, 15) is 22.8 Å². The molecule has 0 heterocycles. The second-order valence-electron chi connectivity index (χ2n) is 3.02. The Morgan fingerprint density at radius 2 is 2.00 bits per heavy atom. The van der Waals surface area contributed by atoms with E-state index in [0.717, 1.165) is 12.1 Å². The minimum absolute atomic E-state index is 0.231. The van der Waals surface area contributed by atoms with Crippen molar-refractivity contribution in [2.75, 3.05) is 0 Å². The number of carbonyl (C=O) groups excluding carboxylic acids is 2. The predicted octanol–water partition coefficient (Wildman–Crippen LogP) is 2.18. The Hall–Kier alpha value is -1.85. The van der Waals surface area contributed by atoms with Crippen molar-refractivity contribution in [3.63, 3.8) is 0 Å². The number of hydrogen-bond acceptors (Lipinski definition) is 3. The highest BCUT2D eigenvalue weighted by atomic mass is 19.4. The van der Waals surface area contributed by atoms with Crippen molar-refractivity contribution < 1.29 is 27.9 Å². The number of alkyl halides is 3. The largest absolute Gasteiger partial charge is 0.508 e. The molecule has 0 amide bonds. The van der Waals surface area contributed by atoms with E-state index < -0.39 is 35.3 Å². The van der Waals surface area contributed by atoms with Gasteiger partial charge >= 0.3 is 6.18 Å². The van der Waals surface area contributed by atoms with E-state index in [1.54, 1.807) is 0 Å². The number of hydrogen-bond donors (Lipinski definition) is 1. The first-order valence-electron chi connectivity index (χ1n) is 4.23. The number of aromatic hydroxyl groups is 1. The molecular weight excluding hydrogens is 225 g/mol. The zero-order valence-corrected chi connectivity index (χ0v) is 7.91. The maximum absolute atomic E-state index is 12.5. The van der Waals surface area contributed by atoms with E-state index in [1.807, 2.05) is 0 Å². The summed E-state index contributed by atoms with van der Waals surface area (Å²) in [4.78, 5) is 21.3. The number of phenolic OH excluding ortho intramolecular Hbond substituents is 1. The molecule has 0 saturated heterocycles. The van der Waals surface area contributed by atoms with Crippen molar-refractivity contribution >= 4 is 12.1 Å². The average molecular weight is 232 g/mol. The van der Waals surface area contributed by atoms with Crippen LogP contribution < -0.4 is 0 Å². The van der Waals surface area contributed by atoms with Gasteiger partial charge < -0.3 is 9.90 Å². The first kappa shape index (κ1) is 12.2. The number of ketones is 1. The lowest BCUT2D eigenvalue weighted by atomic mass is 10.0. The van der Waals surface area contributed by atoms with Crippen LogP contribution in [0.3, 0.4) is 0 Å². The molecule has 6 heteroatoms. The first-order valence-corrected chi connectivity index (χ1v) is 4.23. The van der Waals surface area contributed by atoms with E-state index in [1.165, 1.54) is 0 Å². The minimum atomic E-state index is -4.74. The van der Waals surface area contributed by atoms with Gasteiger partial charge in [-0.1, -0.05) is 0 Å². The lowest BCUT2D eigenvalue weighted by Crippen LogP contribution is -2.13. The number of aldehydes is 1. The van der Waals surface area contributed by atoms with Gasteiger partial charge in [0.1, 0.15) is 12.0 Å². The molecule has 0 atom stereocenters. The van der Waals surface area contributed by atoms with Gasteiger partial charge in [0.2, 0.25) is 0 Å². The second-order valence-corrected chi connectivity index (χ2v) is 3.02. The summed E-state index contributed by atoms with van der Waals surface area (Å²) in [6.45, 7) is 0. The van der Waals surface area contributed by atoms with Crippen LogP contribution in [0.4, 0.5) is 13.2 Å². The van der Waals surface area contributed by atoms with Crippen LogP contribution in [0.25, 0.3) is 0 Å². The Morgan fingerprint density at radius 3 is 2.50 bits per heavy atom. The maximum atomic E-state index is 12.5. The molecule has 16 heavy (non-hydrogen) atoms. The average Bonchev–Trinajstić information content (AvgIpc) is 2.16. The molecule has 1 aromatic rings. The highest BCUT2D eigenvalue weighted by Gasteiger charge is 2.35. The summed E-state index contributed by atoms with van der Waals surface area (Å²) in [6, 6.07) is 2.27. The fraction of sp³-hybridized carbons (Fsp3) is 0.200. The van der Waals surface area contributed by atoms with Crippen LogP contribution in [0.5, 0.6) is 5.75 Å². The van der Waals surface area contributed by atoms with Crippen LogP contribution in [0, 0.1) is 0 Å². The monoisotopic (exact) mass is 232 g/mol. The van der Waals surface area contributed by atoms with Gasteiger partial charge in [-0.15, -0.1) is 0 Å². The highest BCUT2D eigenvalue weighted by molar-refractivity contribution is 6.04. The van der Waals surface area contributed by atoms with Crippen molar-refractivity contribution in [3.8, 4) is 5.75 Å². The molecule has 0 fully saturated rings. The Balaban J connectivity index is 3.28. The third kappa shape index (κ3) is 2.59. The number of rotatable bonds is 3. The van der Waals surface area contributed by atoms with Crippen LogP contribution in [-0.2, 0) is 11.0 Å². The predicted molar refractivity (Wildman–Crippen MR) is 48.1 cm³/mol. The topological polar surface area (TPSA) is 54.4 Å². The molecule has 0 unspecified atom stereocenters. The fourth-order valence-corrected chi connectivity index (χ4v) is 1.20. The fourth-order valence-electron chi connectivity index (χ4n) is 1.20. The Kier molecular flexibility index (Phi) is 3.31. The maximum Gasteiger partial charge on any atom is 0.417 e. The van der Waals surface area contributed by atoms with E-state index in [4.69, 9.17) is 5.11 Å². The molecule has 1 rings (SSSR count). The van der Waals surface area contributed by atoms with Crippen molar-refractivity contribution in [1.82, 2.24) is 0 Å². The van der Waals surface area contributed by atoms with Crippen LogP contribution in [0.15, 0.2) is 18.2 Å². The van der Waals surface area contributed by atoms with Crippen molar-refractivity contribution in [3.05, 3.63) is 29.3 Å². The third-order valence-electron chi connectivity index (χ3n) is 1.88. The van der Waals surface area contributed by atoms with Gasteiger partial charge in [0.05, 0.1) is 12.0 Å². The molecule has 0 saturated carbocycles. The zero-order valence-electron chi connectivity index (χ0n) is 7.91. The van der Waals surface area contributed by atoms with Gasteiger partial charge in [0, 0.05) is 5.56 Å². The van der Waals surface area contributed by atoms with E-state index in [2.05, 4.69) is 0 Å². The summed E-state index contributed by atoms with van der Waals surface area (Å²) in [5, 5.41) is 8.93. The standard InChI is InChI=1S/C10H7F3O3/c11-10(12,13)8-5-6(15)1-2-7(8)9(16)3-4-14/h1-2,4-5,15H,3H2. The van der Waals surface area contributed by atoms with Gasteiger partial charge in [0.15, 0.2) is 5.78 Å². The molecule has 1 N–H and O–H groups in total. The summed E-state index contributed by atoms with van der Waals surface area (Å²) in [5.74, 6) is -1.52. The minimum Gasteiger partial charge on any atom is -0.508 e. The lowest BCUT2D eigenvalue weighted by Gasteiger charge is -2.11. The highest BCUT2D eigenvalue weighted by Crippen LogP contribution is 2.34. The normalized spacial score (nSPS) is 11.2. The summed E-state index contributed by atoms with van der Waals surface area (Å²) < 4.78 is 37.4. The van der Waals surface area contributed by atoms with Gasteiger partial charge in [-0.2, -0.15) is 13.2 Å². The summed E-state index contributed by atoms with van der Waals surface area (Å²) >= 11 is 0. The molecule has 0 radical (unpaired) electrons. The smallest absolute Gasteiger partial charge is 0.417 e. The molecule has 0 bridgehead atoms. The van der Waals surface area contributed by atoms with Crippen LogP contribution in [0.1, 0.15) is 22.3 Å². The third-order valence-corrected chi connectivity index (χ3v) is 1.88. The molecule has 86 valence electrons. The number of halogens is 3. The van der Waals surface area contributed by atoms with Gasteiger partial charge in [-0.25, -0.2) is 0 Å². The summed E-state index contributed by atoms with van der Waals surface area (Å²) in [5.41, 5.74) is -1.85. The van der Waals surface area contributed by atoms with Crippen molar-refractivity contribution in [1.29, 1.82) is 0 Å². The van der Waals surface area contributed by atoms with Crippen molar-refractivity contribution in [2.45, 2.75) is 12.6 Å². The Bertz CT molecular complexity index is 424. The Labute approximate surface area is 88.5 Å². The molecule has 1 aromatic carbocycles. The van der Waals surface area contributed by atoms with E-state index in [0.29, 0.717) is 6.07 Å². The lowest BCUT2D eigenvalue weighted by molar-refractivity contribution is -0.138. The van der Waals surface area contributed by atoms with E-state index >= 15 is 0 Å². The zero-order chi connectivity index (χ0) is 12.3. The second kappa shape index (κ2) is 4.34. The van der Waals surface area contributed by atoms with Gasteiger partial charge in [-0.3, -0.25) is 4.79 Å². The summed E-state index contributed by atoms with van der Waals surface area (Å²) in [6.07, 6.45) is -5.13. The molecular formula is C10H7F3O3. The number of Topliss-reactive ketones (excluding diaryl/α,β-unsaturated/α-hetero) is 1. The van der Waals surface area contributed by atoms with Crippen molar-refractivity contribution in [2.24, 2.45) is 0 Å². The van der Waals surface area contributed by atoms with Crippen LogP contribution >= 0.6 is 0 Å². The Morgan fingerprint density at radius 1 is 1.38 bits per heavy atom. The van der Waals surface area contributed by atoms with Gasteiger partial charge in [-0.05, 0) is 18.2 Å². The van der Waals surface area contributed by atoms with Crippen LogP contribution in [-0.4, -0.2) is 17.2 Å². The number of carbonyl (C=O) groups is 2. The number of benzene rings is 1. The summed E-state index contributed by atoms with van der Waals surface area (Å²) in [7, 11) is 0. The molecule has 0 aliphatic rings. The molecule has 0 aliphatic carbocycles. The van der Waals surface area contributed by atoms with Gasteiger partial charge in [0.25, 0.3) is 0 Å². The molecule has 0 aromatic heterocycles. The molecule has 0 spiro atoms. The quantitative estimate of drug-likeness (QED) is 0.493. The number of phenols is 1.